The van der Waals surface area contributed by atoms with Gasteiger partial charge in [-0.1, -0.05) is 0 Å². The number of hydrogen-bond donors (Lipinski definition) is 2. The molecular formula is C10H3F4N3O2. The van der Waals surface area contributed by atoms with Gasteiger partial charge in [0.15, 0.2) is 29.0 Å². The van der Waals surface area contributed by atoms with Crippen molar-refractivity contribution in [3.8, 4) is 11.5 Å². The number of anilines is 2. The second-order valence-electron chi connectivity index (χ2n) is 3.61. The predicted octanol–water partition coefficient (Wildman–Crippen LogP) is 2.18. The summed E-state index contributed by atoms with van der Waals surface area (Å²) < 4.78 is 57.9. The maximum atomic E-state index is 13.5. The normalized spacial score (nSPS) is 12.2. The Balaban J connectivity index is 2.25. The lowest BCUT2D eigenvalue weighted by Crippen LogP contribution is -2.17. The first-order valence-corrected chi connectivity index (χ1v) is 4.89. The van der Waals surface area contributed by atoms with Gasteiger partial charge in [-0.2, -0.15) is 9.37 Å². The maximum absolute atomic E-state index is 13.5. The van der Waals surface area contributed by atoms with Gasteiger partial charge < -0.3 is 10.1 Å². The summed E-state index contributed by atoms with van der Waals surface area (Å²) in [4.78, 5) is 16.4. The largest absolute Gasteiger partial charge is 0.446 e. The molecule has 19 heavy (non-hydrogen) atoms. The van der Waals surface area contributed by atoms with E-state index < -0.39 is 40.4 Å². The van der Waals surface area contributed by atoms with Crippen LogP contribution < -0.4 is 15.7 Å². The van der Waals surface area contributed by atoms with Gasteiger partial charge in [-0.15, -0.1) is 0 Å². The third-order valence-electron chi connectivity index (χ3n) is 2.46. The summed E-state index contributed by atoms with van der Waals surface area (Å²) in [5.74, 6) is -8.45. The van der Waals surface area contributed by atoms with Gasteiger partial charge in [-0.05, 0) is 0 Å². The van der Waals surface area contributed by atoms with Crippen LogP contribution in [0.3, 0.4) is 0 Å². The molecule has 0 radical (unpaired) electrons. The number of ether oxygens (including phenoxy) is 1. The summed E-state index contributed by atoms with van der Waals surface area (Å²) in [6, 6.07) is 0. The minimum Gasteiger partial charge on any atom is -0.446 e. The molecule has 0 aliphatic carbocycles. The van der Waals surface area contributed by atoms with Crippen molar-refractivity contribution in [3.63, 3.8) is 0 Å². The quantitative estimate of drug-likeness (QED) is 0.374. The Labute approximate surface area is 101 Å². The summed E-state index contributed by atoms with van der Waals surface area (Å²) >= 11 is 0. The molecule has 1 aliphatic rings. The molecule has 0 unspecified atom stereocenters. The van der Waals surface area contributed by atoms with E-state index >= 15 is 0 Å². The number of aromatic amines is 1. The number of rotatable bonds is 0. The van der Waals surface area contributed by atoms with Gasteiger partial charge in [0.05, 0.1) is 6.20 Å². The molecule has 0 fully saturated rings. The van der Waals surface area contributed by atoms with Gasteiger partial charge in [-0.25, -0.2) is 18.0 Å². The van der Waals surface area contributed by atoms with Crippen LogP contribution in [-0.4, -0.2) is 9.97 Å². The molecule has 1 aliphatic heterocycles. The van der Waals surface area contributed by atoms with Crippen molar-refractivity contribution in [2.45, 2.75) is 0 Å². The van der Waals surface area contributed by atoms with E-state index in [1.807, 2.05) is 0 Å². The molecule has 1 aromatic heterocycles. The summed E-state index contributed by atoms with van der Waals surface area (Å²) in [5, 5.41) is 2.22. The van der Waals surface area contributed by atoms with Crippen molar-refractivity contribution in [2.24, 2.45) is 0 Å². The molecule has 1 aromatic carbocycles. The van der Waals surface area contributed by atoms with Crippen LogP contribution >= 0.6 is 0 Å². The van der Waals surface area contributed by atoms with Crippen LogP contribution in [0, 0.1) is 23.3 Å². The molecular weight excluding hydrogens is 270 g/mol. The molecule has 2 heterocycles. The van der Waals surface area contributed by atoms with E-state index in [-0.39, 0.29) is 11.6 Å². The zero-order chi connectivity index (χ0) is 13.7. The second kappa shape index (κ2) is 3.70. The SMILES string of the molecule is O=c1ncc2c([nH]1)Nc1c(F)c(F)c(F)c(F)c1O2. The third kappa shape index (κ3) is 1.54. The van der Waals surface area contributed by atoms with Crippen molar-refractivity contribution in [1.82, 2.24) is 9.97 Å². The number of H-pyrrole nitrogens is 1. The van der Waals surface area contributed by atoms with E-state index in [0.717, 1.165) is 6.20 Å². The van der Waals surface area contributed by atoms with Gasteiger partial charge in [0.2, 0.25) is 11.6 Å². The van der Waals surface area contributed by atoms with Crippen molar-refractivity contribution < 1.29 is 22.3 Å². The molecule has 0 spiro atoms. The fraction of sp³-hybridized carbons (Fsp3) is 0. The first-order valence-electron chi connectivity index (χ1n) is 4.89. The molecule has 0 amide bonds. The molecule has 3 rings (SSSR count). The van der Waals surface area contributed by atoms with Gasteiger partial charge in [-0.3, -0.25) is 4.98 Å². The number of nitrogens with one attached hydrogen (secondary N) is 2. The van der Waals surface area contributed by atoms with Crippen LogP contribution in [0.15, 0.2) is 11.0 Å². The smallest absolute Gasteiger partial charge is 0.346 e. The van der Waals surface area contributed by atoms with E-state index in [1.165, 1.54) is 0 Å². The molecule has 2 aromatic rings. The van der Waals surface area contributed by atoms with Crippen LogP contribution in [-0.2, 0) is 0 Å². The Morgan fingerprint density at radius 3 is 2.47 bits per heavy atom. The molecule has 0 bridgehead atoms. The monoisotopic (exact) mass is 273 g/mol. The number of hydrogen-bond acceptors (Lipinski definition) is 4. The Morgan fingerprint density at radius 1 is 1.05 bits per heavy atom. The van der Waals surface area contributed by atoms with Crippen molar-refractivity contribution in [2.75, 3.05) is 5.32 Å². The lowest BCUT2D eigenvalue weighted by Gasteiger charge is -2.21. The van der Waals surface area contributed by atoms with Crippen LogP contribution in [0.25, 0.3) is 0 Å². The highest BCUT2D eigenvalue weighted by atomic mass is 19.2. The van der Waals surface area contributed by atoms with E-state index in [0.29, 0.717) is 0 Å². The molecule has 0 atom stereocenters. The fourth-order valence-electron chi connectivity index (χ4n) is 1.61. The molecule has 5 nitrogen and oxygen atoms in total. The van der Waals surface area contributed by atoms with Gasteiger partial charge in [0.1, 0.15) is 5.69 Å². The van der Waals surface area contributed by atoms with E-state index in [9.17, 15) is 22.4 Å². The molecule has 2 N–H and O–H groups in total. The van der Waals surface area contributed by atoms with E-state index in [1.54, 1.807) is 0 Å². The van der Waals surface area contributed by atoms with Gasteiger partial charge >= 0.3 is 5.69 Å². The van der Waals surface area contributed by atoms with Gasteiger partial charge in [0, 0.05) is 0 Å². The number of benzene rings is 1. The first-order chi connectivity index (χ1) is 8.99. The summed E-state index contributed by atoms with van der Waals surface area (Å²) in [7, 11) is 0. The standard InChI is InChI=1S/C10H3F4N3O2/c11-3-4(12)6(14)8-7(5(3)13)16-9-2(19-8)1-15-10(18)17-9/h1H,(H2,15,16,17,18). The van der Waals surface area contributed by atoms with E-state index in [2.05, 4.69) is 15.3 Å². The van der Waals surface area contributed by atoms with Crippen LogP contribution in [0.1, 0.15) is 0 Å². The lowest BCUT2D eigenvalue weighted by atomic mass is 10.2. The average Bonchev–Trinajstić information content (AvgIpc) is 2.41. The number of aromatic nitrogens is 2. The molecule has 0 saturated carbocycles. The average molecular weight is 273 g/mol. The highest BCUT2D eigenvalue weighted by molar-refractivity contribution is 5.73. The molecule has 98 valence electrons. The predicted molar refractivity (Wildman–Crippen MR) is 54.5 cm³/mol. The minimum absolute atomic E-state index is 0.142. The molecule has 9 heteroatoms. The fourth-order valence-corrected chi connectivity index (χ4v) is 1.61. The van der Waals surface area contributed by atoms with Crippen molar-refractivity contribution >= 4 is 11.5 Å². The zero-order valence-corrected chi connectivity index (χ0v) is 8.85. The van der Waals surface area contributed by atoms with Crippen LogP contribution in [0.5, 0.6) is 11.5 Å². The van der Waals surface area contributed by atoms with Crippen LogP contribution in [0.2, 0.25) is 0 Å². The topological polar surface area (TPSA) is 67.0 Å². The Bertz CT molecular complexity index is 759. The minimum atomic E-state index is -1.99. The zero-order valence-electron chi connectivity index (χ0n) is 8.85. The summed E-state index contributed by atoms with van der Waals surface area (Å²) in [6.45, 7) is 0. The number of nitrogens with zero attached hydrogens (tertiary/aromatic N) is 1. The Hall–Kier alpha value is -2.58. The Morgan fingerprint density at radius 2 is 1.74 bits per heavy atom. The van der Waals surface area contributed by atoms with Crippen LogP contribution in [0.4, 0.5) is 29.1 Å². The summed E-state index contributed by atoms with van der Waals surface area (Å²) in [5.41, 5.74) is -1.52. The van der Waals surface area contributed by atoms with Crippen molar-refractivity contribution in [3.05, 3.63) is 40.0 Å². The Kier molecular flexibility index (Phi) is 2.24. The number of fused-ring (bicyclic) bond motifs is 2. The number of halogens is 4. The third-order valence-corrected chi connectivity index (χ3v) is 2.46. The van der Waals surface area contributed by atoms with E-state index in [4.69, 9.17) is 4.74 Å². The highest BCUT2D eigenvalue weighted by Crippen LogP contribution is 2.44. The summed E-state index contributed by atoms with van der Waals surface area (Å²) in [6.07, 6.45) is 0.933. The highest BCUT2D eigenvalue weighted by Gasteiger charge is 2.31. The second-order valence-corrected chi connectivity index (χ2v) is 3.61. The first kappa shape index (κ1) is 11.5. The van der Waals surface area contributed by atoms with Crippen molar-refractivity contribution in [1.29, 1.82) is 0 Å². The lowest BCUT2D eigenvalue weighted by molar-refractivity contribution is 0.370. The maximum Gasteiger partial charge on any atom is 0.346 e. The van der Waals surface area contributed by atoms with Gasteiger partial charge in [0.25, 0.3) is 0 Å². The molecule has 0 saturated heterocycles.